The number of carbonyl (C=O) groups is 3. The van der Waals surface area contributed by atoms with Crippen molar-refractivity contribution < 1.29 is 19.1 Å². The van der Waals surface area contributed by atoms with E-state index in [1.807, 2.05) is 0 Å². The molecule has 2 atom stereocenters. The zero-order valence-corrected chi connectivity index (χ0v) is 14.8. The van der Waals surface area contributed by atoms with Gasteiger partial charge in [-0.3, -0.25) is 19.3 Å². The van der Waals surface area contributed by atoms with E-state index < -0.39 is 0 Å². The third kappa shape index (κ3) is 3.84. The van der Waals surface area contributed by atoms with Crippen molar-refractivity contribution in [1.29, 1.82) is 0 Å². The molecular weight excluding hydrogens is 346 g/mol. The average Bonchev–Trinajstić information content (AvgIpc) is 3.17. The van der Waals surface area contributed by atoms with Gasteiger partial charge in [0.25, 0.3) is 17.7 Å². The summed E-state index contributed by atoms with van der Waals surface area (Å²) >= 11 is 0. The van der Waals surface area contributed by atoms with E-state index in [1.54, 1.807) is 13.0 Å². The number of hydrogen-bond donors (Lipinski definition) is 2. The molecule has 1 fully saturated rings. The Hall–Kier alpha value is -1.96. The topological polar surface area (TPSA) is 102 Å². The smallest absolute Gasteiger partial charge is 0.261 e. The summed E-state index contributed by atoms with van der Waals surface area (Å²) in [5.41, 5.74) is 6.44. The fourth-order valence-electron chi connectivity index (χ4n) is 2.96. The average molecular weight is 368 g/mol. The van der Waals surface area contributed by atoms with E-state index in [1.165, 1.54) is 17.0 Å². The standard InChI is InChI=1S/C17H21N3O4.ClH/c1-10(8-18)19-15(21)11-4-5-13-14(7-11)17(23)20(16(13)22)9-12-3-2-6-24-12;/h4-5,7,10,12H,2-3,6,8-9,18H2,1H3,(H,19,21);1H/t10-,12?;/m0./s1. The third-order valence-electron chi connectivity index (χ3n) is 4.37. The molecule has 0 aliphatic carbocycles. The van der Waals surface area contributed by atoms with Gasteiger partial charge in [-0.25, -0.2) is 0 Å². The van der Waals surface area contributed by atoms with Gasteiger partial charge in [0.2, 0.25) is 0 Å². The normalized spacial score (nSPS) is 20.2. The van der Waals surface area contributed by atoms with Gasteiger partial charge in [0.15, 0.2) is 0 Å². The van der Waals surface area contributed by atoms with Crippen molar-refractivity contribution >= 4 is 30.1 Å². The molecule has 2 aliphatic rings. The van der Waals surface area contributed by atoms with Crippen LogP contribution in [0.1, 0.15) is 50.8 Å². The fourth-order valence-corrected chi connectivity index (χ4v) is 2.96. The van der Waals surface area contributed by atoms with Crippen LogP contribution in [0.4, 0.5) is 0 Å². The quantitative estimate of drug-likeness (QED) is 0.755. The van der Waals surface area contributed by atoms with Crippen LogP contribution in [0.3, 0.4) is 0 Å². The number of nitrogens with zero attached hydrogens (tertiary/aromatic N) is 1. The minimum atomic E-state index is -0.368. The Kier molecular flexibility index (Phi) is 6.16. The predicted molar refractivity (Wildman–Crippen MR) is 94.0 cm³/mol. The summed E-state index contributed by atoms with van der Waals surface area (Å²) in [7, 11) is 0. The maximum atomic E-state index is 12.5. The van der Waals surface area contributed by atoms with E-state index in [2.05, 4.69) is 5.32 Å². The minimum Gasteiger partial charge on any atom is -0.376 e. The lowest BCUT2D eigenvalue weighted by Gasteiger charge is -2.17. The molecule has 1 aromatic rings. The molecule has 0 bridgehead atoms. The Morgan fingerprint density at radius 2 is 2.08 bits per heavy atom. The highest BCUT2D eigenvalue weighted by Crippen LogP contribution is 2.26. The Balaban J connectivity index is 0.00000225. The van der Waals surface area contributed by atoms with Crippen molar-refractivity contribution in [2.24, 2.45) is 5.73 Å². The van der Waals surface area contributed by atoms with Crippen LogP contribution in [-0.2, 0) is 4.74 Å². The molecule has 1 aromatic carbocycles. The fraction of sp³-hybridized carbons (Fsp3) is 0.471. The van der Waals surface area contributed by atoms with E-state index in [0.717, 1.165) is 12.8 Å². The zero-order valence-electron chi connectivity index (χ0n) is 14.0. The van der Waals surface area contributed by atoms with Crippen LogP contribution in [0.5, 0.6) is 0 Å². The van der Waals surface area contributed by atoms with Crippen LogP contribution in [0.2, 0.25) is 0 Å². The molecule has 0 saturated carbocycles. The summed E-state index contributed by atoms with van der Waals surface area (Å²) in [6.45, 7) is 3.04. The highest BCUT2D eigenvalue weighted by atomic mass is 35.5. The lowest BCUT2D eigenvalue weighted by molar-refractivity contribution is 0.0475. The Morgan fingerprint density at radius 1 is 1.36 bits per heavy atom. The van der Waals surface area contributed by atoms with Crippen molar-refractivity contribution in [3.05, 3.63) is 34.9 Å². The van der Waals surface area contributed by atoms with Crippen molar-refractivity contribution in [2.75, 3.05) is 19.7 Å². The number of nitrogens with one attached hydrogen (secondary N) is 1. The highest BCUT2D eigenvalue weighted by molar-refractivity contribution is 6.22. The number of carbonyl (C=O) groups excluding carboxylic acids is 3. The Labute approximate surface area is 152 Å². The van der Waals surface area contributed by atoms with Gasteiger partial charge < -0.3 is 15.8 Å². The van der Waals surface area contributed by atoms with Gasteiger partial charge in [0.05, 0.1) is 23.8 Å². The van der Waals surface area contributed by atoms with Crippen LogP contribution in [0.25, 0.3) is 0 Å². The molecule has 0 spiro atoms. The lowest BCUT2D eigenvalue weighted by Crippen LogP contribution is -2.37. The van der Waals surface area contributed by atoms with Gasteiger partial charge in [-0.1, -0.05) is 0 Å². The van der Waals surface area contributed by atoms with Crippen molar-refractivity contribution in [3.63, 3.8) is 0 Å². The molecule has 1 saturated heterocycles. The van der Waals surface area contributed by atoms with Crippen LogP contribution in [0.15, 0.2) is 18.2 Å². The van der Waals surface area contributed by atoms with Crippen LogP contribution < -0.4 is 11.1 Å². The minimum absolute atomic E-state index is 0. The van der Waals surface area contributed by atoms with E-state index in [0.29, 0.717) is 24.3 Å². The third-order valence-corrected chi connectivity index (χ3v) is 4.37. The number of imide groups is 1. The molecule has 2 aliphatic heterocycles. The van der Waals surface area contributed by atoms with Crippen LogP contribution >= 0.6 is 12.4 Å². The number of halogens is 1. The first kappa shape index (κ1) is 19.4. The first-order valence-electron chi connectivity index (χ1n) is 8.14. The van der Waals surface area contributed by atoms with Crippen molar-refractivity contribution in [2.45, 2.75) is 31.9 Å². The summed E-state index contributed by atoms with van der Waals surface area (Å²) in [6.07, 6.45) is 1.69. The highest BCUT2D eigenvalue weighted by Gasteiger charge is 2.37. The number of amides is 3. The SMILES string of the molecule is C[C@@H](CN)NC(=O)c1ccc2c(c1)C(=O)N(CC1CCCO1)C2=O.Cl. The van der Waals surface area contributed by atoms with E-state index >= 15 is 0 Å². The molecule has 2 heterocycles. The Morgan fingerprint density at radius 3 is 2.72 bits per heavy atom. The molecule has 3 N–H and O–H groups in total. The van der Waals surface area contributed by atoms with Gasteiger partial charge >= 0.3 is 0 Å². The number of rotatable bonds is 5. The van der Waals surface area contributed by atoms with Crippen molar-refractivity contribution in [3.8, 4) is 0 Å². The maximum Gasteiger partial charge on any atom is 0.261 e. The predicted octanol–water partition coefficient (Wildman–Crippen LogP) is 0.960. The molecule has 1 unspecified atom stereocenters. The number of fused-ring (bicyclic) bond motifs is 1. The summed E-state index contributed by atoms with van der Waals surface area (Å²) in [4.78, 5) is 38.4. The summed E-state index contributed by atoms with van der Waals surface area (Å²) < 4.78 is 5.51. The van der Waals surface area contributed by atoms with Crippen LogP contribution in [-0.4, -0.2) is 54.5 Å². The second-order valence-electron chi connectivity index (χ2n) is 6.23. The summed E-state index contributed by atoms with van der Waals surface area (Å²) in [6, 6.07) is 4.40. The second kappa shape index (κ2) is 7.95. The number of nitrogens with two attached hydrogens (primary N) is 1. The van der Waals surface area contributed by atoms with Gasteiger partial charge in [0.1, 0.15) is 0 Å². The molecule has 0 radical (unpaired) electrons. The number of benzene rings is 1. The largest absolute Gasteiger partial charge is 0.376 e. The maximum absolute atomic E-state index is 12.5. The lowest BCUT2D eigenvalue weighted by atomic mass is 10.1. The molecule has 7 nitrogen and oxygen atoms in total. The molecule has 25 heavy (non-hydrogen) atoms. The van der Waals surface area contributed by atoms with Gasteiger partial charge in [-0.05, 0) is 38.0 Å². The molecule has 136 valence electrons. The summed E-state index contributed by atoms with van der Waals surface area (Å²) in [5, 5.41) is 2.74. The second-order valence-corrected chi connectivity index (χ2v) is 6.23. The molecule has 3 rings (SSSR count). The molecule has 8 heteroatoms. The number of hydrogen-bond acceptors (Lipinski definition) is 5. The van der Waals surface area contributed by atoms with Crippen molar-refractivity contribution in [1.82, 2.24) is 10.2 Å². The first-order valence-corrected chi connectivity index (χ1v) is 8.14. The molecule has 3 amide bonds. The number of ether oxygens (including phenoxy) is 1. The van der Waals surface area contributed by atoms with E-state index in [-0.39, 0.29) is 54.4 Å². The molecular formula is C17H22ClN3O4. The Bertz CT molecular complexity index is 688. The van der Waals surface area contributed by atoms with E-state index in [9.17, 15) is 14.4 Å². The van der Waals surface area contributed by atoms with E-state index in [4.69, 9.17) is 10.5 Å². The monoisotopic (exact) mass is 367 g/mol. The van der Waals surface area contributed by atoms with Gasteiger partial charge in [-0.15, -0.1) is 12.4 Å². The van der Waals surface area contributed by atoms with Gasteiger partial charge in [0, 0.05) is 24.8 Å². The molecule has 0 aromatic heterocycles. The summed E-state index contributed by atoms with van der Waals surface area (Å²) in [5.74, 6) is -1.01. The van der Waals surface area contributed by atoms with Gasteiger partial charge in [-0.2, -0.15) is 0 Å². The zero-order chi connectivity index (χ0) is 17.3. The van der Waals surface area contributed by atoms with Crippen LogP contribution in [0, 0.1) is 0 Å². The first-order chi connectivity index (χ1) is 11.5.